The number of aromatic hydroxyl groups is 1. The zero-order valence-corrected chi connectivity index (χ0v) is 17.5. The summed E-state index contributed by atoms with van der Waals surface area (Å²) in [7, 11) is 3.04. The molecule has 30 heavy (non-hydrogen) atoms. The van der Waals surface area contributed by atoms with Crippen LogP contribution in [0.25, 0.3) is 10.9 Å². The van der Waals surface area contributed by atoms with E-state index in [2.05, 4.69) is 5.32 Å². The van der Waals surface area contributed by atoms with Crippen molar-refractivity contribution in [1.82, 2.24) is 9.88 Å². The fourth-order valence-corrected chi connectivity index (χ4v) is 3.71. The van der Waals surface area contributed by atoms with Gasteiger partial charge < -0.3 is 29.9 Å². The third-order valence-electron chi connectivity index (χ3n) is 4.79. The fraction of sp³-hybridized carbons (Fsp3) is 0.200. The van der Waals surface area contributed by atoms with Crippen molar-refractivity contribution in [3.8, 4) is 11.5 Å². The minimum atomic E-state index is -1.14. The second-order valence-electron chi connectivity index (χ2n) is 6.51. The van der Waals surface area contributed by atoms with E-state index in [9.17, 15) is 19.8 Å². The predicted octanol–water partition coefficient (Wildman–Crippen LogP) is 3.36. The van der Waals surface area contributed by atoms with Crippen LogP contribution < -0.4 is 10.1 Å². The van der Waals surface area contributed by atoms with Gasteiger partial charge >= 0.3 is 5.97 Å². The average molecular weight is 453 g/mol. The number of aryl methyl sites for hydroxylation is 1. The number of phenolic OH excluding ortho intramolecular Hbond substituents is 1. The smallest absolute Gasteiger partial charge is 0.335 e. The number of fused-ring (bicyclic) bond motifs is 1. The first kappa shape index (κ1) is 21.8. The second-order valence-corrected chi connectivity index (χ2v) is 7.30. The molecule has 4 N–H and O–H groups in total. The van der Waals surface area contributed by atoms with E-state index in [0.29, 0.717) is 16.5 Å². The Labute approximate surface area is 181 Å². The second kappa shape index (κ2) is 8.43. The highest BCUT2D eigenvalue weighted by molar-refractivity contribution is 6.35. The van der Waals surface area contributed by atoms with E-state index >= 15 is 0 Å². The highest BCUT2D eigenvalue weighted by Gasteiger charge is 2.23. The molecular formula is C20H18Cl2N2O6. The molecule has 0 saturated heterocycles. The quantitative estimate of drug-likeness (QED) is 0.454. The van der Waals surface area contributed by atoms with Gasteiger partial charge in [0.1, 0.15) is 22.2 Å². The van der Waals surface area contributed by atoms with Crippen molar-refractivity contribution in [3.05, 3.63) is 57.2 Å². The van der Waals surface area contributed by atoms with Gasteiger partial charge in [-0.25, -0.2) is 4.79 Å². The molecule has 0 fully saturated rings. The largest absolute Gasteiger partial charge is 0.506 e. The van der Waals surface area contributed by atoms with Crippen molar-refractivity contribution in [2.75, 3.05) is 13.7 Å². The number of ether oxygens (including phenoxy) is 1. The molecule has 0 saturated carbocycles. The van der Waals surface area contributed by atoms with Crippen molar-refractivity contribution in [3.63, 3.8) is 0 Å². The van der Waals surface area contributed by atoms with E-state index in [1.165, 1.54) is 31.4 Å². The number of amides is 1. The zero-order valence-electron chi connectivity index (χ0n) is 15.9. The van der Waals surface area contributed by atoms with Gasteiger partial charge in [0.05, 0.1) is 30.8 Å². The molecule has 158 valence electrons. The van der Waals surface area contributed by atoms with Gasteiger partial charge in [0.15, 0.2) is 0 Å². The third-order valence-corrected chi connectivity index (χ3v) is 5.48. The Kier molecular flexibility index (Phi) is 6.12. The number of rotatable bonds is 6. The average Bonchev–Trinajstić information content (AvgIpc) is 3.05. The van der Waals surface area contributed by atoms with E-state index in [4.69, 9.17) is 33.0 Å². The molecule has 1 aromatic heterocycles. The van der Waals surface area contributed by atoms with Gasteiger partial charge in [-0.05, 0) is 23.8 Å². The Hall–Kier alpha value is -2.94. The fourth-order valence-electron chi connectivity index (χ4n) is 3.17. The number of halogens is 2. The summed E-state index contributed by atoms with van der Waals surface area (Å²) in [5.41, 5.74) is 1.07. The minimum Gasteiger partial charge on any atom is -0.506 e. The lowest BCUT2D eigenvalue weighted by atomic mass is 10.0. The first-order chi connectivity index (χ1) is 14.2. The van der Waals surface area contributed by atoms with Gasteiger partial charge in [-0.3, -0.25) is 4.79 Å². The van der Waals surface area contributed by atoms with E-state index in [1.807, 2.05) is 0 Å². The number of aromatic nitrogens is 1. The van der Waals surface area contributed by atoms with Crippen LogP contribution >= 0.6 is 23.2 Å². The molecular weight excluding hydrogens is 435 g/mol. The van der Waals surface area contributed by atoms with Crippen molar-refractivity contribution >= 4 is 46.0 Å². The SMILES string of the molecule is COc1cc2c(cc(C(=O)N[C@H](CO)c3ccc(C(=O)O)cc3Cl)n2C)c(O)c1Cl. The molecule has 1 heterocycles. The number of methoxy groups -OCH3 is 1. The molecule has 0 bridgehead atoms. The van der Waals surface area contributed by atoms with E-state index in [0.717, 1.165) is 0 Å². The molecule has 0 aliphatic heterocycles. The number of carbonyl (C=O) groups excluding carboxylic acids is 1. The van der Waals surface area contributed by atoms with Crippen molar-refractivity contribution in [2.45, 2.75) is 6.04 Å². The van der Waals surface area contributed by atoms with Crippen LogP contribution in [0.3, 0.4) is 0 Å². The van der Waals surface area contributed by atoms with Crippen LogP contribution in [0.5, 0.6) is 11.5 Å². The Morgan fingerprint density at radius 2 is 1.93 bits per heavy atom. The lowest BCUT2D eigenvalue weighted by molar-refractivity contribution is 0.0696. The molecule has 0 spiro atoms. The lowest BCUT2D eigenvalue weighted by Crippen LogP contribution is -2.32. The van der Waals surface area contributed by atoms with Gasteiger partial charge in [-0.15, -0.1) is 0 Å². The molecule has 8 nitrogen and oxygen atoms in total. The number of nitrogens with one attached hydrogen (secondary N) is 1. The zero-order chi connectivity index (χ0) is 22.2. The Balaban J connectivity index is 1.96. The molecule has 3 aromatic rings. The Morgan fingerprint density at radius 1 is 1.23 bits per heavy atom. The van der Waals surface area contributed by atoms with E-state index in [-0.39, 0.29) is 32.8 Å². The first-order valence-corrected chi connectivity index (χ1v) is 9.44. The summed E-state index contributed by atoms with van der Waals surface area (Å²) in [5, 5.41) is 32.3. The van der Waals surface area contributed by atoms with Crippen LogP contribution in [-0.2, 0) is 7.05 Å². The van der Waals surface area contributed by atoms with Crippen LogP contribution in [0.2, 0.25) is 10.0 Å². The molecule has 10 heteroatoms. The van der Waals surface area contributed by atoms with Gasteiger partial charge in [-0.2, -0.15) is 0 Å². The number of aliphatic hydroxyl groups excluding tert-OH is 1. The molecule has 0 aliphatic rings. The number of aliphatic hydroxyl groups is 1. The number of carbonyl (C=O) groups is 2. The first-order valence-electron chi connectivity index (χ1n) is 8.68. The number of hydrogen-bond acceptors (Lipinski definition) is 5. The highest BCUT2D eigenvalue weighted by atomic mass is 35.5. The summed E-state index contributed by atoms with van der Waals surface area (Å²) in [6.07, 6.45) is 0. The van der Waals surface area contributed by atoms with E-state index < -0.39 is 24.5 Å². The van der Waals surface area contributed by atoms with Crippen LogP contribution in [-0.4, -0.2) is 45.5 Å². The van der Waals surface area contributed by atoms with Crippen LogP contribution in [0.4, 0.5) is 0 Å². The normalized spacial score (nSPS) is 12.0. The number of benzene rings is 2. The minimum absolute atomic E-state index is 0.0123. The van der Waals surface area contributed by atoms with Crippen molar-refractivity contribution in [2.24, 2.45) is 7.05 Å². The monoisotopic (exact) mass is 452 g/mol. The number of phenols is 1. The third kappa shape index (κ3) is 3.77. The molecule has 1 amide bonds. The number of nitrogens with zero attached hydrogens (tertiary/aromatic N) is 1. The van der Waals surface area contributed by atoms with Crippen LogP contribution in [0, 0.1) is 0 Å². The molecule has 1 atom stereocenters. The van der Waals surface area contributed by atoms with Crippen molar-refractivity contribution in [1.29, 1.82) is 0 Å². The molecule has 0 radical (unpaired) electrons. The van der Waals surface area contributed by atoms with Gasteiger partial charge in [0.2, 0.25) is 0 Å². The summed E-state index contributed by atoms with van der Waals surface area (Å²) < 4.78 is 6.69. The summed E-state index contributed by atoms with van der Waals surface area (Å²) >= 11 is 12.2. The van der Waals surface area contributed by atoms with Crippen LogP contribution in [0.1, 0.15) is 32.5 Å². The number of hydrogen-bond donors (Lipinski definition) is 4. The van der Waals surface area contributed by atoms with Gasteiger partial charge in [0, 0.05) is 23.5 Å². The standard InChI is InChI=1S/C20H18Cl2N2O6/c1-24-14-7-16(30-2)17(22)18(26)11(14)6-15(24)19(27)23-13(8-25)10-4-3-9(20(28)29)5-12(10)21/h3-7,13,25-26H,8H2,1-2H3,(H,23,27)(H,28,29)/t13-/m1/s1. The maximum Gasteiger partial charge on any atom is 0.335 e. The molecule has 2 aromatic carbocycles. The topological polar surface area (TPSA) is 121 Å². The number of carboxylic acid groups (broad SMARTS) is 1. The summed E-state index contributed by atoms with van der Waals surface area (Å²) in [6, 6.07) is 6.20. The summed E-state index contributed by atoms with van der Waals surface area (Å²) in [5.74, 6) is -1.64. The molecule has 3 rings (SSSR count). The maximum atomic E-state index is 12.9. The molecule has 0 aliphatic carbocycles. The number of carboxylic acids is 1. The summed E-state index contributed by atoms with van der Waals surface area (Å²) in [4.78, 5) is 24.0. The molecule has 0 unspecified atom stereocenters. The Morgan fingerprint density at radius 3 is 2.50 bits per heavy atom. The van der Waals surface area contributed by atoms with Crippen LogP contribution in [0.15, 0.2) is 30.3 Å². The summed E-state index contributed by atoms with van der Waals surface area (Å²) in [6.45, 7) is -0.466. The van der Waals surface area contributed by atoms with Gasteiger partial charge in [-0.1, -0.05) is 29.3 Å². The maximum absolute atomic E-state index is 12.9. The van der Waals surface area contributed by atoms with Gasteiger partial charge in [0.25, 0.3) is 5.91 Å². The van der Waals surface area contributed by atoms with Crippen molar-refractivity contribution < 1.29 is 29.6 Å². The predicted molar refractivity (Wildman–Crippen MR) is 112 cm³/mol. The lowest BCUT2D eigenvalue weighted by Gasteiger charge is -2.18. The van der Waals surface area contributed by atoms with E-state index in [1.54, 1.807) is 17.7 Å². The highest BCUT2D eigenvalue weighted by Crippen LogP contribution is 2.41. The number of aromatic carboxylic acids is 1. The Bertz CT molecular complexity index is 1160.